The highest BCUT2D eigenvalue weighted by molar-refractivity contribution is 5.64. The molecule has 2 aliphatic carbocycles. The van der Waals surface area contributed by atoms with Crippen LogP contribution >= 0.6 is 0 Å². The third kappa shape index (κ3) is 1.51. The molecule has 0 spiro atoms. The fraction of sp³-hybridized carbons (Fsp3) is 0. The Hall–Kier alpha value is -1.83. The summed E-state index contributed by atoms with van der Waals surface area (Å²) in [4.78, 5) is 0. The highest BCUT2D eigenvalue weighted by Gasteiger charge is 1.98. The van der Waals surface area contributed by atoms with Crippen LogP contribution in [0.15, 0.2) is 53.6 Å². The summed E-state index contributed by atoms with van der Waals surface area (Å²) in [5.74, 6) is 5.20. The Morgan fingerprint density at radius 2 is 1.38 bits per heavy atom. The van der Waals surface area contributed by atoms with Gasteiger partial charge in [0.2, 0.25) is 0 Å². The normalized spacial score (nSPS) is 9.85. The number of hydrogen-bond acceptors (Lipinski definition) is 2. The number of hydrogen-bond donors (Lipinski definition) is 1. The van der Waals surface area contributed by atoms with Crippen LogP contribution in [0.4, 0.5) is 0 Å². The monoisotopic (exact) mass is 170 g/mol. The van der Waals surface area contributed by atoms with Gasteiger partial charge < -0.3 is 5.84 Å². The second-order valence-electron chi connectivity index (χ2n) is 2.86. The molecule has 0 aromatic heterocycles. The summed E-state index contributed by atoms with van der Waals surface area (Å²) >= 11 is 0. The molecule has 2 heteroatoms. The standard InChI is InChI=1S/C11H10N2/c12-13-11-7-9-5-3-1-2-4-6-10(9)8-11/h1-8H,12H2. The van der Waals surface area contributed by atoms with Crippen LogP contribution < -0.4 is 11.2 Å². The molecular formula is C11H10N2. The van der Waals surface area contributed by atoms with Gasteiger partial charge in [-0.15, -0.1) is 0 Å². The van der Waals surface area contributed by atoms with Crippen LogP contribution in [0.2, 0.25) is 0 Å². The smallest absolute Gasteiger partial charge is 0.0839 e. The molecule has 0 aromatic rings. The molecule has 0 aliphatic heterocycles. The van der Waals surface area contributed by atoms with Crippen molar-refractivity contribution in [1.82, 2.24) is 0 Å². The zero-order chi connectivity index (χ0) is 9.10. The first-order chi connectivity index (χ1) is 6.40. The maximum absolute atomic E-state index is 5.20. The van der Waals surface area contributed by atoms with E-state index in [0.717, 1.165) is 16.5 Å². The molecule has 0 saturated carbocycles. The van der Waals surface area contributed by atoms with Gasteiger partial charge in [0.1, 0.15) is 0 Å². The quantitative estimate of drug-likeness (QED) is 0.473. The Balaban J connectivity index is 2.76. The summed E-state index contributed by atoms with van der Waals surface area (Å²) in [6.07, 6.45) is 0. The van der Waals surface area contributed by atoms with Crippen molar-refractivity contribution in [2.45, 2.75) is 0 Å². The minimum Gasteiger partial charge on any atom is -0.323 e. The molecule has 0 fully saturated rings. The minimum absolute atomic E-state index is 0.821. The van der Waals surface area contributed by atoms with Crippen molar-refractivity contribution in [3.05, 3.63) is 53.9 Å². The van der Waals surface area contributed by atoms with Gasteiger partial charge in [-0.1, -0.05) is 36.4 Å². The van der Waals surface area contributed by atoms with E-state index in [1.165, 1.54) is 0 Å². The highest BCUT2D eigenvalue weighted by Crippen LogP contribution is 2.16. The molecule has 0 aromatic carbocycles. The lowest BCUT2D eigenvalue weighted by molar-refractivity contribution is 1.15. The molecule has 0 atom stereocenters. The van der Waals surface area contributed by atoms with Crippen LogP contribution in [0.25, 0.3) is 11.1 Å². The summed E-state index contributed by atoms with van der Waals surface area (Å²) < 4.78 is 0. The maximum Gasteiger partial charge on any atom is 0.0839 e. The molecule has 0 heterocycles. The summed E-state index contributed by atoms with van der Waals surface area (Å²) in [5.41, 5.74) is 2.31. The van der Waals surface area contributed by atoms with Crippen molar-refractivity contribution in [3.8, 4) is 11.1 Å². The first-order valence-corrected chi connectivity index (χ1v) is 4.13. The Labute approximate surface area is 76.7 Å². The van der Waals surface area contributed by atoms with E-state index in [1.807, 2.05) is 48.5 Å². The lowest BCUT2D eigenvalue weighted by Crippen LogP contribution is -1.97. The molecule has 0 bridgehead atoms. The zero-order valence-corrected chi connectivity index (χ0v) is 7.14. The van der Waals surface area contributed by atoms with E-state index < -0.39 is 0 Å². The first kappa shape index (κ1) is 7.80. The molecule has 64 valence electrons. The Morgan fingerprint density at radius 1 is 0.846 bits per heavy atom. The molecule has 2 aliphatic rings. The largest absolute Gasteiger partial charge is 0.323 e. The third-order valence-corrected chi connectivity index (χ3v) is 1.97. The second kappa shape index (κ2) is 3.27. The summed E-state index contributed by atoms with van der Waals surface area (Å²) in [6, 6.07) is 16.0. The minimum atomic E-state index is 0.821. The maximum atomic E-state index is 5.20. The molecule has 0 radical (unpaired) electrons. The predicted octanol–water partition coefficient (Wildman–Crippen LogP) is 1.57. The predicted molar refractivity (Wildman–Crippen MR) is 52.8 cm³/mol. The topological polar surface area (TPSA) is 38.4 Å². The molecule has 13 heavy (non-hydrogen) atoms. The van der Waals surface area contributed by atoms with Crippen LogP contribution in [-0.2, 0) is 0 Å². The number of nitrogens with two attached hydrogens (primary N) is 1. The zero-order valence-electron chi connectivity index (χ0n) is 7.14. The van der Waals surface area contributed by atoms with Gasteiger partial charge >= 0.3 is 0 Å². The Kier molecular flexibility index (Phi) is 1.96. The van der Waals surface area contributed by atoms with Crippen LogP contribution in [-0.4, -0.2) is 0 Å². The Morgan fingerprint density at radius 3 is 1.85 bits per heavy atom. The van der Waals surface area contributed by atoms with E-state index >= 15 is 0 Å². The average Bonchev–Trinajstić information content (AvgIpc) is 2.47. The van der Waals surface area contributed by atoms with E-state index in [0.29, 0.717) is 0 Å². The number of fused-ring (bicyclic) bond motifs is 1. The second-order valence-corrected chi connectivity index (χ2v) is 2.86. The van der Waals surface area contributed by atoms with E-state index in [-0.39, 0.29) is 0 Å². The lowest BCUT2D eigenvalue weighted by atomic mass is 10.1. The van der Waals surface area contributed by atoms with Crippen LogP contribution in [0.5, 0.6) is 0 Å². The van der Waals surface area contributed by atoms with Crippen molar-refractivity contribution in [2.75, 3.05) is 0 Å². The van der Waals surface area contributed by atoms with Gasteiger partial charge in [-0.05, 0) is 23.3 Å². The molecule has 0 unspecified atom stereocenters. The van der Waals surface area contributed by atoms with Gasteiger partial charge in [0, 0.05) is 0 Å². The van der Waals surface area contributed by atoms with Crippen molar-refractivity contribution >= 4 is 0 Å². The van der Waals surface area contributed by atoms with E-state index in [1.54, 1.807) is 0 Å². The molecule has 0 amide bonds. The van der Waals surface area contributed by atoms with E-state index in [9.17, 15) is 0 Å². The van der Waals surface area contributed by atoms with Gasteiger partial charge in [-0.3, -0.25) is 0 Å². The van der Waals surface area contributed by atoms with Crippen molar-refractivity contribution in [2.24, 2.45) is 10.9 Å². The Bertz CT molecular complexity index is 410. The molecular weight excluding hydrogens is 160 g/mol. The average molecular weight is 170 g/mol. The van der Waals surface area contributed by atoms with Gasteiger partial charge in [0.15, 0.2) is 0 Å². The SMILES string of the molecule is NN=c1cc2ccccccc-2c1. The van der Waals surface area contributed by atoms with Gasteiger partial charge in [0.25, 0.3) is 0 Å². The van der Waals surface area contributed by atoms with Gasteiger partial charge in [-0.25, -0.2) is 0 Å². The molecule has 2 rings (SSSR count). The molecule has 2 nitrogen and oxygen atoms in total. The van der Waals surface area contributed by atoms with Crippen molar-refractivity contribution in [1.29, 1.82) is 0 Å². The fourth-order valence-corrected chi connectivity index (χ4v) is 1.34. The van der Waals surface area contributed by atoms with Crippen LogP contribution in [0, 0.1) is 0 Å². The summed E-state index contributed by atoms with van der Waals surface area (Å²) in [5, 5.41) is 4.47. The summed E-state index contributed by atoms with van der Waals surface area (Å²) in [7, 11) is 0. The van der Waals surface area contributed by atoms with E-state index in [2.05, 4.69) is 5.10 Å². The van der Waals surface area contributed by atoms with Crippen LogP contribution in [0.1, 0.15) is 0 Å². The summed E-state index contributed by atoms with van der Waals surface area (Å²) in [6.45, 7) is 0. The molecule has 2 N–H and O–H groups in total. The van der Waals surface area contributed by atoms with Gasteiger partial charge in [0.05, 0.1) is 5.36 Å². The lowest BCUT2D eigenvalue weighted by Gasteiger charge is -1.89. The third-order valence-electron chi connectivity index (χ3n) is 1.97. The van der Waals surface area contributed by atoms with Crippen LogP contribution in [0.3, 0.4) is 0 Å². The molecule has 0 saturated heterocycles. The number of rotatable bonds is 0. The first-order valence-electron chi connectivity index (χ1n) is 4.13. The number of nitrogens with zero attached hydrogens (tertiary/aromatic N) is 1. The van der Waals surface area contributed by atoms with Crippen molar-refractivity contribution in [3.63, 3.8) is 0 Å². The van der Waals surface area contributed by atoms with E-state index in [4.69, 9.17) is 5.84 Å². The highest BCUT2D eigenvalue weighted by atomic mass is 15.1. The van der Waals surface area contributed by atoms with Crippen molar-refractivity contribution < 1.29 is 0 Å². The van der Waals surface area contributed by atoms with Gasteiger partial charge in [-0.2, -0.15) is 5.10 Å². The fourth-order valence-electron chi connectivity index (χ4n) is 1.34.